The van der Waals surface area contributed by atoms with Gasteiger partial charge in [-0.05, 0) is 51.4 Å². The van der Waals surface area contributed by atoms with Crippen LogP contribution in [0.5, 0.6) is 0 Å². The van der Waals surface area contributed by atoms with Crippen LogP contribution in [-0.2, 0) is 33.3 Å². The third-order valence-corrected chi connectivity index (χ3v) is 21.4. The number of carbonyl (C=O) groups is 3. The van der Waals surface area contributed by atoms with Crippen LogP contribution in [0.2, 0.25) is 0 Å². The number of rotatable bonds is 88. The van der Waals surface area contributed by atoms with E-state index in [-0.39, 0.29) is 38.2 Å². The molecule has 0 aromatic carbocycles. The van der Waals surface area contributed by atoms with Crippen LogP contribution in [0.1, 0.15) is 489 Å². The molecule has 9 nitrogen and oxygen atoms in total. The van der Waals surface area contributed by atoms with Gasteiger partial charge in [0.15, 0.2) is 6.10 Å². The topological polar surface area (TPSA) is 108 Å². The summed E-state index contributed by atoms with van der Waals surface area (Å²) in [6.45, 7) is 4.96. The molecule has 0 aliphatic rings. The summed E-state index contributed by atoms with van der Waals surface area (Å²) in [5, 5.41) is 9.80. The van der Waals surface area contributed by atoms with E-state index < -0.39 is 18.4 Å². The number of esters is 2. The van der Waals surface area contributed by atoms with Crippen molar-refractivity contribution in [1.29, 1.82) is 0 Å². The second kappa shape index (κ2) is 85.1. The number of carboxylic acids is 1. The number of allylic oxidation sites excluding steroid dienone is 6. The minimum Gasteiger partial charge on any atom is -0.477 e. The third kappa shape index (κ3) is 86.6. The maximum atomic E-state index is 13.0. The minimum atomic E-state index is -1.51. The van der Waals surface area contributed by atoms with Gasteiger partial charge in [0, 0.05) is 12.8 Å². The lowest BCUT2D eigenvalue weighted by atomic mass is 10.0. The summed E-state index contributed by atoms with van der Waals surface area (Å²) in [6.07, 6.45) is 109. The first-order valence-electron chi connectivity index (χ1n) is 46.2. The number of carbonyl (C=O) groups excluding carboxylic acids is 2. The average molecular weight is 1450 g/mol. The van der Waals surface area contributed by atoms with Crippen molar-refractivity contribution >= 4 is 17.9 Å². The second-order valence-electron chi connectivity index (χ2n) is 33.0. The zero-order valence-electron chi connectivity index (χ0n) is 70.0. The molecule has 1 N–H and O–H groups in total. The summed E-state index contributed by atoms with van der Waals surface area (Å²) in [5.41, 5.74) is 0. The van der Waals surface area contributed by atoms with Crippen LogP contribution in [0.15, 0.2) is 36.5 Å². The molecule has 0 saturated carbocycles. The normalized spacial score (nSPS) is 12.7. The first-order chi connectivity index (χ1) is 50.6. The highest BCUT2D eigenvalue weighted by Gasteiger charge is 2.25. The number of carboxylic acid groups (broad SMARTS) is 1. The van der Waals surface area contributed by atoms with Crippen molar-refractivity contribution in [2.75, 3.05) is 47.5 Å². The van der Waals surface area contributed by atoms with Crippen LogP contribution in [0, 0.1) is 0 Å². The van der Waals surface area contributed by atoms with E-state index in [4.69, 9.17) is 18.9 Å². The molecule has 0 radical (unpaired) electrons. The number of likely N-dealkylation sites (N-methyl/N-ethyl adjacent to an activating group) is 1. The summed E-state index contributed by atoms with van der Waals surface area (Å²) >= 11 is 0. The first-order valence-corrected chi connectivity index (χ1v) is 46.2. The van der Waals surface area contributed by atoms with E-state index in [9.17, 15) is 19.5 Å². The van der Waals surface area contributed by atoms with Gasteiger partial charge in [-0.15, -0.1) is 0 Å². The van der Waals surface area contributed by atoms with Crippen molar-refractivity contribution in [1.82, 2.24) is 0 Å². The van der Waals surface area contributed by atoms with Gasteiger partial charge in [0.2, 0.25) is 0 Å². The van der Waals surface area contributed by atoms with E-state index in [0.717, 1.165) is 51.4 Å². The molecule has 0 spiro atoms. The minimum absolute atomic E-state index is 0.174. The molecular formula is C94H180NO8+. The van der Waals surface area contributed by atoms with E-state index in [0.29, 0.717) is 17.4 Å². The molecule has 2 atom stereocenters. The molecule has 0 rings (SSSR count). The van der Waals surface area contributed by atoms with Gasteiger partial charge in [-0.3, -0.25) is 9.59 Å². The van der Waals surface area contributed by atoms with Crippen molar-refractivity contribution < 1.29 is 42.9 Å². The Morgan fingerprint density at radius 3 is 0.777 bits per heavy atom. The summed E-state index contributed by atoms with van der Waals surface area (Å²) in [7, 11) is 6.01. The fourth-order valence-corrected chi connectivity index (χ4v) is 14.4. The molecule has 0 fully saturated rings. The molecule has 608 valence electrons. The van der Waals surface area contributed by atoms with Crippen molar-refractivity contribution in [3.05, 3.63) is 36.5 Å². The Labute approximate surface area is 642 Å². The van der Waals surface area contributed by atoms with Gasteiger partial charge >= 0.3 is 17.9 Å². The molecule has 0 aliphatic carbocycles. The fourth-order valence-electron chi connectivity index (χ4n) is 14.4. The third-order valence-electron chi connectivity index (χ3n) is 21.4. The van der Waals surface area contributed by atoms with Crippen molar-refractivity contribution in [3.63, 3.8) is 0 Å². The Hall–Kier alpha value is -2.49. The quantitative estimate of drug-likeness (QED) is 0.0211. The Balaban J connectivity index is 3.88. The number of quaternary nitrogens is 1. The molecule has 0 aromatic heterocycles. The largest absolute Gasteiger partial charge is 0.477 e. The van der Waals surface area contributed by atoms with Gasteiger partial charge in [-0.25, -0.2) is 4.79 Å². The van der Waals surface area contributed by atoms with Gasteiger partial charge in [0.05, 0.1) is 34.4 Å². The van der Waals surface area contributed by atoms with E-state index >= 15 is 0 Å². The molecule has 0 aliphatic heterocycles. The first kappa shape index (κ1) is 101. The van der Waals surface area contributed by atoms with Crippen molar-refractivity contribution in [3.8, 4) is 0 Å². The Morgan fingerprint density at radius 1 is 0.291 bits per heavy atom. The van der Waals surface area contributed by atoms with Crippen molar-refractivity contribution in [2.45, 2.75) is 501 Å². The van der Waals surface area contributed by atoms with E-state index in [1.807, 2.05) is 21.1 Å². The Kier molecular flexibility index (Phi) is 83.1. The smallest absolute Gasteiger partial charge is 0.361 e. The Morgan fingerprint density at radius 2 is 0.524 bits per heavy atom. The highest BCUT2D eigenvalue weighted by molar-refractivity contribution is 5.71. The lowest BCUT2D eigenvalue weighted by Crippen LogP contribution is -2.40. The van der Waals surface area contributed by atoms with E-state index in [2.05, 4.69) is 50.3 Å². The lowest BCUT2D eigenvalue weighted by Gasteiger charge is -2.25. The number of ether oxygens (including phenoxy) is 4. The molecule has 2 unspecified atom stereocenters. The summed E-state index contributed by atoms with van der Waals surface area (Å²) in [6, 6.07) is 0. The highest BCUT2D eigenvalue weighted by Crippen LogP contribution is 2.22. The van der Waals surface area contributed by atoms with E-state index in [1.54, 1.807) is 0 Å². The van der Waals surface area contributed by atoms with Crippen LogP contribution in [0.3, 0.4) is 0 Å². The summed E-state index contributed by atoms with van der Waals surface area (Å²) in [5.74, 6) is -1.96. The predicted octanol–water partition coefficient (Wildman–Crippen LogP) is 30.2. The Bertz CT molecular complexity index is 1790. The van der Waals surface area contributed by atoms with Crippen LogP contribution in [-0.4, -0.2) is 87.4 Å². The van der Waals surface area contributed by atoms with Crippen LogP contribution >= 0.6 is 0 Å². The number of aliphatic carboxylic acids is 1. The number of unbranched alkanes of at least 4 members (excludes halogenated alkanes) is 67. The SMILES string of the molecule is CCCCCCC/C=C\C/C=C\C/C=C\CCCCCCCCCCCCCCCCCCCCCCCCCCCCC(=O)OC(COC(=O)CCCCCCCCCCCCCCCCCCCCCCCCCCCCCCCCCCCCCCC)COC(OCC[N+](C)(C)C)C(=O)O. The second-order valence-corrected chi connectivity index (χ2v) is 33.0. The molecule has 0 saturated heterocycles. The average Bonchev–Trinajstić information content (AvgIpc) is 1.01. The van der Waals surface area contributed by atoms with Crippen LogP contribution in [0.4, 0.5) is 0 Å². The van der Waals surface area contributed by atoms with Gasteiger partial charge < -0.3 is 28.5 Å². The number of hydrogen-bond donors (Lipinski definition) is 1. The zero-order valence-corrected chi connectivity index (χ0v) is 70.0. The van der Waals surface area contributed by atoms with Gasteiger partial charge in [-0.2, -0.15) is 0 Å². The molecule has 0 amide bonds. The standard InChI is InChI=1S/C94H179NO8/c1-6-8-10-12-14-16-18-20-22-24-26-28-30-32-34-36-38-40-42-44-45-46-47-49-51-53-55-57-59-61-63-65-67-69-71-73-75-77-79-81-83-85-92(97)103-90(89-102-94(93(98)99)100-87-86-95(3,4)5)88-101-91(96)84-82-80-78-76-74-72-70-68-66-64-62-60-58-56-54-52-50-48-43-41-39-37-35-33-31-29-27-25-23-21-19-17-15-13-11-9-7-2/h18,20,24,26,30,32,90,94H,6-17,19,21-23,25,27-29,31,33-89H2,1-5H3/p+1/b20-18-,26-24-,32-30-. The predicted molar refractivity (Wildman–Crippen MR) is 447 cm³/mol. The molecule has 0 aromatic rings. The zero-order chi connectivity index (χ0) is 74.6. The van der Waals surface area contributed by atoms with Gasteiger partial charge in [0.1, 0.15) is 13.2 Å². The monoisotopic (exact) mass is 1450 g/mol. The molecule has 0 heterocycles. The lowest BCUT2D eigenvalue weighted by molar-refractivity contribution is -0.870. The van der Waals surface area contributed by atoms with Crippen molar-refractivity contribution in [2.24, 2.45) is 0 Å². The summed E-state index contributed by atoms with van der Waals surface area (Å²) < 4.78 is 23.1. The van der Waals surface area contributed by atoms with Gasteiger partial charge in [-0.1, -0.05) is 461 Å². The van der Waals surface area contributed by atoms with Crippen LogP contribution in [0.25, 0.3) is 0 Å². The number of hydrogen-bond acceptors (Lipinski definition) is 7. The van der Waals surface area contributed by atoms with Gasteiger partial charge in [0.25, 0.3) is 6.29 Å². The molecular weight excluding hydrogens is 1270 g/mol. The molecule has 9 heteroatoms. The number of nitrogens with zero attached hydrogens (tertiary/aromatic N) is 1. The highest BCUT2D eigenvalue weighted by atomic mass is 16.7. The molecule has 0 bridgehead atoms. The molecule has 103 heavy (non-hydrogen) atoms. The maximum absolute atomic E-state index is 13.0. The summed E-state index contributed by atoms with van der Waals surface area (Å²) in [4.78, 5) is 37.8. The maximum Gasteiger partial charge on any atom is 0.361 e. The fraction of sp³-hybridized carbons (Fsp3) is 0.904. The van der Waals surface area contributed by atoms with Crippen LogP contribution < -0.4 is 0 Å². The van der Waals surface area contributed by atoms with E-state index in [1.165, 1.54) is 411 Å².